The Labute approximate surface area is 138 Å². The number of rotatable bonds is 4. The molecule has 2 heterocycles. The van der Waals surface area contributed by atoms with E-state index in [9.17, 15) is 14.7 Å². The highest BCUT2D eigenvalue weighted by Crippen LogP contribution is 2.55. The summed E-state index contributed by atoms with van der Waals surface area (Å²) < 4.78 is 5.22. The summed E-state index contributed by atoms with van der Waals surface area (Å²) in [5.74, 6) is 1.56. The average molecular weight is 329 g/mol. The molecule has 7 heteroatoms. The Morgan fingerprint density at radius 3 is 2.92 bits per heavy atom. The fourth-order valence-corrected chi connectivity index (χ4v) is 3.92. The molecule has 2 aliphatic rings. The van der Waals surface area contributed by atoms with Gasteiger partial charge in [-0.05, 0) is 49.7 Å². The van der Waals surface area contributed by atoms with E-state index < -0.39 is 11.5 Å². The van der Waals surface area contributed by atoms with Gasteiger partial charge in [0, 0.05) is 12.6 Å². The van der Waals surface area contributed by atoms with Crippen LogP contribution in [-0.4, -0.2) is 33.6 Å². The molecule has 24 heavy (non-hydrogen) atoms. The largest absolute Gasteiger partial charge is 0.461 e. The Morgan fingerprint density at radius 1 is 1.46 bits per heavy atom. The van der Waals surface area contributed by atoms with Crippen LogP contribution >= 0.6 is 0 Å². The smallest absolute Gasteiger partial charge is 0.264 e. The topological polar surface area (TPSA) is 108 Å². The number of aromatic nitrogens is 2. The minimum atomic E-state index is -0.476. The fourth-order valence-electron chi connectivity index (χ4n) is 3.92. The molecule has 0 unspecified atom stereocenters. The lowest BCUT2D eigenvalue weighted by Crippen LogP contribution is -2.39. The predicted octanol–water partition coefficient (Wildman–Crippen LogP) is 1.09. The summed E-state index contributed by atoms with van der Waals surface area (Å²) in [7, 11) is 0. The molecule has 0 radical (unpaired) electrons. The molecule has 0 spiro atoms. The van der Waals surface area contributed by atoms with E-state index in [0.29, 0.717) is 29.1 Å². The van der Waals surface area contributed by atoms with Crippen molar-refractivity contribution < 1.29 is 14.3 Å². The van der Waals surface area contributed by atoms with Crippen molar-refractivity contribution in [1.29, 1.82) is 0 Å². The molecule has 0 aromatic carbocycles. The van der Waals surface area contributed by atoms with E-state index in [4.69, 9.17) is 4.42 Å². The Balaban J connectivity index is 1.56. The third-order valence-corrected chi connectivity index (χ3v) is 5.20. The van der Waals surface area contributed by atoms with Gasteiger partial charge in [0.05, 0.1) is 12.0 Å². The molecular formula is C17H19N3O4. The lowest BCUT2D eigenvalue weighted by atomic mass is 10.0. The lowest BCUT2D eigenvalue weighted by Gasteiger charge is -2.17. The standard InChI is InChI=1S/C17H19N3O4/c1-8-14(17(23)20-15(18-8)13-3-2-4-24-13)16(22)19-12-5-9(7-21)10-6-11(10)12/h2-4,9-12,21H,5-7H2,1H3,(H,19,22)(H,18,20,23)/t9-,10-,11-,12-/m0/s1. The molecule has 0 saturated heterocycles. The number of nitrogens with one attached hydrogen (secondary N) is 2. The van der Waals surface area contributed by atoms with Gasteiger partial charge in [0.2, 0.25) is 0 Å². The first-order chi connectivity index (χ1) is 11.6. The van der Waals surface area contributed by atoms with E-state index in [1.165, 1.54) is 6.26 Å². The van der Waals surface area contributed by atoms with Crippen molar-refractivity contribution in [1.82, 2.24) is 15.3 Å². The quantitative estimate of drug-likeness (QED) is 0.778. The van der Waals surface area contributed by atoms with Crippen LogP contribution < -0.4 is 10.9 Å². The summed E-state index contributed by atoms with van der Waals surface area (Å²) in [5.41, 5.74) is -0.0721. The maximum Gasteiger partial charge on any atom is 0.264 e. The molecule has 4 atom stereocenters. The third-order valence-electron chi connectivity index (χ3n) is 5.20. The predicted molar refractivity (Wildman–Crippen MR) is 85.3 cm³/mol. The van der Waals surface area contributed by atoms with Gasteiger partial charge in [0.1, 0.15) is 5.56 Å². The molecule has 126 valence electrons. The lowest BCUT2D eigenvalue weighted by molar-refractivity contribution is 0.0927. The summed E-state index contributed by atoms with van der Waals surface area (Å²) in [4.78, 5) is 31.8. The molecule has 7 nitrogen and oxygen atoms in total. The van der Waals surface area contributed by atoms with Crippen LogP contribution in [0.15, 0.2) is 27.6 Å². The first kappa shape index (κ1) is 15.1. The molecule has 3 N–H and O–H groups in total. The number of aromatic amines is 1. The number of H-pyrrole nitrogens is 1. The summed E-state index contributed by atoms with van der Waals surface area (Å²) in [6, 6.07) is 3.43. The van der Waals surface area contributed by atoms with Crippen LogP contribution in [0.1, 0.15) is 28.9 Å². The van der Waals surface area contributed by atoms with Crippen LogP contribution in [0, 0.1) is 24.7 Å². The molecule has 1 amide bonds. The molecular weight excluding hydrogens is 310 g/mol. The van der Waals surface area contributed by atoms with Gasteiger partial charge in [0.15, 0.2) is 11.6 Å². The first-order valence-corrected chi connectivity index (χ1v) is 8.15. The Bertz CT molecular complexity index is 827. The molecule has 2 aromatic rings. The number of aliphatic hydroxyl groups is 1. The van der Waals surface area contributed by atoms with E-state index in [1.807, 2.05) is 0 Å². The third kappa shape index (κ3) is 2.45. The van der Waals surface area contributed by atoms with Crippen molar-refractivity contribution in [2.45, 2.75) is 25.8 Å². The van der Waals surface area contributed by atoms with Gasteiger partial charge >= 0.3 is 0 Å². The zero-order chi connectivity index (χ0) is 16.8. The van der Waals surface area contributed by atoms with Gasteiger partial charge in [-0.2, -0.15) is 0 Å². The Morgan fingerprint density at radius 2 is 2.29 bits per heavy atom. The zero-order valence-corrected chi connectivity index (χ0v) is 13.3. The minimum absolute atomic E-state index is 0.0307. The minimum Gasteiger partial charge on any atom is -0.461 e. The molecule has 2 saturated carbocycles. The Hall–Kier alpha value is -2.41. The molecule has 0 aliphatic heterocycles. The van der Waals surface area contributed by atoms with Crippen LogP contribution in [0.5, 0.6) is 0 Å². The number of hydrogen-bond acceptors (Lipinski definition) is 5. The van der Waals surface area contributed by atoms with Gasteiger partial charge in [-0.25, -0.2) is 4.98 Å². The second-order valence-electron chi connectivity index (χ2n) is 6.67. The normalized spacial score (nSPS) is 27.8. The van der Waals surface area contributed by atoms with Gasteiger partial charge in [-0.3, -0.25) is 9.59 Å². The first-order valence-electron chi connectivity index (χ1n) is 8.15. The highest BCUT2D eigenvalue weighted by atomic mass is 16.3. The molecule has 2 aliphatic carbocycles. The number of carbonyl (C=O) groups is 1. The van der Waals surface area contributed by atoms with Gasteiger partial charge in [0.25, 0.3) is 11.5 Å². The van der Waals surface area contributed by atoms with E-state index in [0.717, 1.165) is 12.8 Å². The number of aryl methyl sites for hydroxylation is 1. The molecule has 2 aromatic heterocycles. The zero-order valence-electron chi connectivity index (χ0n) is 13.3. The van der Waals surface area contributed by atoms with Crippen LogP contribution in [-0.2, 0) is 0 Å². The molecule has 0 bridgehead atoms. The van der Waals surface area contributed by atoms with Gasteiger partial charge in [-0.1, -0.05) is 0 Å². The second-order valence-corrected chi connectivity index (χ2v) is 6.67. The summed E-state index contributed by atoms with van der Waals surface area (Å²) in [5, 5.41) is 12.3. The monoisotopic (exact) mass is 329 g/mol. The highest BCUT2D eigenvalue weighted by Gasteiger charge is 2.54. The number of furan rings is 1. The van der Waals surface area contributed by atoms with Crippen LogP contribution in [0.4, 0.5) is 0 Å². The number of hydrogen-bond donors (Lipinski definition) is 3. The van der Waals surface area contributed by atoms with E-state index >= 15 is 0 Å². The number of aliphatic hydroxyl groups excluding tert-OH is 1. The number of amides is 1. The van der Waals surface area contributed by atoms with Crippen molar-refractivity contribution in [3.05, 3.63) is 40.0 Å². The van der Waals surface area contributed by atoms with Crippen molar-refractivity contribution in [2.75, 3.05) is 6.61 Å². The van der Waals surface area contributed by atoms with E-state index in [-0.39, 0.29) is 24.1 Å². The van der Waals surface area contributed by atoms with Crippen LogP contribution in [0.3, 0.4) is 0 Å². The van der Waals surface area contributed by atoms with Crippen molar-refractivity contribution in [2.24, 2.45) is 17.8 Å². The van der Waals surface area contributed by atoms with E-state index in [2.05, 4.69) is 15.3 Å². The summed E-state index contributed by atoms with van der Waals surface area (Å²) in [6.45, 7) is 1.80. The van der Waals surface area contributed by atoms with Crippen LogP contribution in [0.25, 0.3) is 11.6 Å². The van der Waals surface area contributed by atoms with Crippen molar-refractivity contribution >= 4 is 5.91 Å². The highest BCUT2D eigenvalue weighted by molar-refractivity contribution is 5.95. The van der Waals surface area contributed by atoms with Crippen LogP contribution in [0.2, 0.25) is 0 Å². The summed E-state index contributed by atoms with van der Waals surface area (Å²) >= 11 is 0. The maximum atomic E-state index is 12.5. The molecule has 2 fully saturated rings. The second kappa shape index (κ2) is 5.59. The fraction of sp³-hybridized carbons (Fsp3) is 0.471. The number of fused-ring (bicyclic) bond motifs is 1. The Kier molecular flexibility index (Phi) is 3.53. The SMILES string of the molecule is Cc1nc(-c2ccco2)[nH]c(=O)c1C(=O)N[C@H]1C[C@@H](CO)[C@@H]2C[C@@H]21. The summed E-state index contributed by atoms with van der Waals surface area (Å²) in [6.07, 6.45) is 3.31. The van der Waals surface area contributed by atoms with Gasteiger partial charge in [-0.15, -0.1) is 0 Å². The van der Waals surface area contributed by atoms with E-state index in [1.54, 1.807) is 19.1 Å². The number of carbonyl (C=O) groups excluding carboxylic acids is 1. The molecule has 4 rings (SSSR count). The van der Waals surface area contributed by atoms with Crippen molar-refractivity contribution in [3.8, 4) is 11.6 Å². The maximum absolute atomic E-state index is 12.5. The number of nitrogens with zero attached hydrogens (tertiary/aromatic N) is 1. The average Bonchev–Trinajstić information content (AvgIpc) is 3.01. The van der Waals surface area contributed by atoms with Gasteiger partial charge < -0.3 is 19.8 Å². The van der Waals surface area contributed by atoms with Crippen molar-refractivity contribution in [3.63, 3.8) is 0 Å².